The second-order valence-corrected chi connectivity index (χ2v) is 5.71. The molecule has 0 spiro atoms. The molecule has 3 rings (SSSR count). The summed E-state index contributed by atoms with van der Waals surface area (Å²) in [7, 11) is 0. The van der Waals surface area contributed by atoms with Crippen LogP contribution < -0.4 is 10.6 Å². The van der Waals surface area contributed by atoms with E-state index in [4.69, 9.17) is 0 Å². The van der Waals surface area contributed by atoms with E-state index in [0.29, 0.717) is 44.3 Å². The number of hydrogen-bond acceptors (Lipinski definition) is 4. The van der Waals surface area contributed by atoms with E-state index >= 15 is 0 Å². The van der Waals surface area contributed by atoms with Gasteiger partial charge in [-0.05, 0) is 31.4 Å². The summed E-state index contributed by atoms with van der Waals surface area (Å²) in [5.41, 5.74) is 0.289. The van der Waals surface area contributed by atoms with E-state index in [9.17, 15) is 14.4 Å². The number of rotatable bonds is 4. The van der Waals surface area contributed by atoms with E-state index in [1.807, 2.05) is 0 Å². The van der Waals surface area contributed by atoms with Crippen molar-refractivity contribution in [2.24, 2.45) is 0 Å². The predicted molar refractivity (Wildman–Crippen MR) is 78.9 cm³/mol. The molecule has 0 atom stereocenters. The highest BCUT2D eigenvalue weighted by atomic mass is 16.2. The van der Waals surface area contributed by atoms with Crippen LogP contribution in [0.1, 0.15) is 32.1 Å². The maximum absolute atomic E-state index is 11.8. The van der Waals surface area contributed by atoms with Crippen molar-refractivity contribution in [2.45, 2.75) is 37.6 Å². The van der Waals surface area contributed by atoms with E-state index in [1.165, 1.54) is 4.90 Å². The summed E-state index contributed by atoms with van der Waals surface area (Å²) in [4.78, 5) is 40.7. The number of carbonyl (C=O) groups is 3. The SMILES string of the molecule is O=C(NCCC12CCC(=O)N1C(=O)CC2)Nc1ccncc1. The number of carbonyl (C=O) groups excluding carboxylic acids is 3. The van der Waals surface area contributed by atoms with Crippen molar-refractivity contribution in [3.05, 3.63) is 24.5 Å². The van der Waals surface area contributed by atoms with Gasteiger partial charge in [-0.2, -0.15) is 0 Å². The van der Waals surface area contributed by atoms with Gasteiger partial charge in [0, 0.05) is 37.5 Å². The third-order valence-corrected chi connectivity index (χ3v) is 4.40. The second kappa shape index (κ2) is 5.75. The number of nitrogens with zero attached hydrogens (tertiary/aromatic N) is 2. The van der Waals surface area contributed by atoms with Crippen LogP contribution in [0.5, 0.6) is 0 Å². The maximum atomic E-state index is 11.8. The average molecular weight is 302 g/mol. The minimum Gasteiger partial charge on any atom is -0.338 e. The minimum atomic E-state index is -0.377. The Morgan fingerprint density at radius 3 is 2.45 bits per heavy atom. The molecule has 2 fully saturated rings. The highest BCUT2D eigenvalue weighted by molar-refractivity contribution is 5.99. The monoisotopic (exact) mass is 302 g/mol. The Kier molecular flexibility index (Phi) is 3.79. The number of amides is 4. The van der Waals surface area contributed by atoms with Gasteiger partial charge in [-0.3, -0.25) is 19.5 Å². The molecule has 0 saturated carbocycles. The summed E-state index contributed by atoms with van der Waals surface area (Å²) in [6.45, 7) is 0.425. The lowest BCUT2D eigenvalue weighted by Crippen LogP contribution is -2.45. The van der Waals surface area contributed by atoms with Crippen molar-refractivity contribution in [3.8, 4) is 0 Å². The molecule has 2 saturated heterocycles. The lowest BCUT2D eigenvalue weighted by atomic mass is 9.90. The summed E-state index contributed by atoms with van der Waals surface area (Å²) in [6.07, 6.45) is 6.05. The number of imide groups is 1. The molecule has 116 valence electrons. The molecule has 2 aliphatic rings. The molecule has 7 nitrogen and oxygen atoms in total. The third-order valence-electron chi connectivity index (χ3n) is 4.40. The summed E-state index contributed by atoms with van der Waals surface area (Å²) in [5, 5.41) is 5.48. The first kappa shape index (κ1) is 14.5. The molecule has 0 aliphatic carbocycles. The summed E-state index contributed by atoms with van der Waals surface area (Å²) in [5.74, 6) is -0.160. The average Bonchev–Trinajstić information content (AvgIpc) is 3.00. The van der Waals surface area contributed by atoms with Crippen LogP contribution in [-0.4, -0.2) is 39.8 Å². The van der Waals surface area contributed by atoms with Crippen LogP contribution in [0.25, 0.3) is 0 Å². The molecule has 0 aromatic carbocycles. The van der Waals surface area contributed by atoms with Gasteiger partial charge in [0.05, 0.1) is 5.54 Å². The molecule has 0 bridgehead atoms. The summed E-state index contributed by atoms with van der Waals surface area (Å²) >= 11 is 0. The minimum absolute atomic E-state index is 0.0799. The van der Waals surface area contributed by atoms with Crippen molar-refractivity contribution < 1.29 is 14.4 Å². The topological polar surface area (TPSA) is 91.4 Å². The largest absolute Gasteiger partial charge is 0.338 e. The number of nitrogens with one attached hydrogen (secondary N) is 2. The van der Waals surface area contributed by atoms with Crippen LogP contribution in [0.15, 0.2) is 24.5 Å². The van der Waals surface area contributed by atoms with Crippen molar-refractivity contribution in [3.63, 3.8) is 0 Å². The summed E-state index contributed by atoms with van der Waals surface area (Å²) < 4.78 is 0. The lowest BCUT2D eigenvalue weighted by molar-refractivity contribution is -0.142. The van der Waals surface area contributed by atoms with Crippen molar-refractivity contribution in [1.82, 2.24) is 15.2 Å². The van der Waals surface area contributed by atoms with Crippen LogP contribution in [0, 0.1) is 0 Å². The lowest BCUT2D eigenvalue weighted by Gasteiger charge is -2.30. The first-order valence-corrected chi connectivity index (χ1v) is 7.41. The van der Waals surface area contributed by atoms with Crippen molar-refractivity contribution >= 4 is 23.5 Å². The van der Waals surface area contributed by atoms with Gasteiger partial charge >= 0.3 is 6.03 Å². The number of anilines is 1. The number of pyridine rings is 1. The molecule has 0 radical (unpaired) electrons. The fourth-order valence-electron chi connectivity index (χ4n) is 3.30. The molecule has 3 heterocycles. The zero-order valence-corrected chi connectivity index (χ0v) is 12.2. The van der Waals surface area contributed by atoms with E-state index in [-0.39, 0.29) is 23.4 Å². The third kappa shape index (κ3) is 2.66. The van der Waals surface area contributed by atoms with Gasteiger partial charge in [0.15, 0.2) is 0 Å². The highest BCUT2D eigenvalue weighted by Gasteiger charge is 2.52. The van der Waals surface area contributed by atoms with E-state index in [0.717, 1.165) is 0 Å². The molecule has 2 N–H and O–H groups in total. The van der Waals surface area contributed by atoms with Gasteiger partial charge in [-0.15, -0.1) is 0 Å². The molecular formula is C15H18N4O3. The zero-order chi connectivity index (χ0) is 15.6. The smallest absolute Gasteiger partial charge is 0.319 e. The molecule has 1 aromatic heterocycles. The van der Waals surface area contributed by atoms with Crippen LogP contribution in [0.2, 0.25) is 0 Å². The Bertz CT molecular complexity index is 582. The molecule has 0 unspecified atom stereocenters. The van der Waals surface area contributed by atoms with Gasteiger partial charge in [-0.1, -0.05) is 0 Å². The van der Waals surface area contributed by atoms with Gasteiger partial charge in [0.25, 0.3) is 0 Å². The Morgan fingerprint density at radius 2 is 1.82 bits per heavy atom. The Balaban J connectivity index is 1.52. The number of aromatic nitrogens is 1. The van der Waals surface area contributed by atoms with Crippen LogP contribution >= 0.6 is 0 Å². The fraction of sp³-hybridized carbons (Fsp3) is 0.467. The Hall–Kier alpha value is -2.44. The van der Waals surface area contributed by atoms with Gasteiger partial charge in [0.2, 0.25) is 11.8 Å². The molecule has 1 aromatic rings. The van der Waals surface area contributed by atoms with Crippen molar-refractivity contribution in [1.29, 1.82) is 0 Å². The van der Waals surface area contributed by atoms with Crippen LogP contribution in [0.4, 0.5) is 10.5 Å². The fourth-order valence-corrected chi connectivity index (χ4v) is 3.30. The first-order valence-electron chi connectivity index (χ1n) is 7.41. The van der Waals surface area contributed by atoms with Gasteiger partial charge in [-0.25, -0.2) is 4.79 Å². The Morgan fingerprint density at radius 1 is 1.18 bits per heavy atom. The number of urea groups is 1. The van der Waals surface area contributed by atoms with Crippen molar-refractivity contribution in [2.75, 3.05) is 11.9 Å². The number of hydrogen-bond donors (Lipinski definition) is 2. The molecule has 22 heavy (non-hydrogen) atoms. The highest BCUT2D eigenvalue weighted by Crippen LogP contribution is 2.42. The second-order valence-electron chi connectivity index (χ2n) is 5.71. The predicted octanol–water partition coefficient (Wildman–Crippen LogP) is 1.27. The molecule has 4 amide bonds. The normalized spacial score (nSPS) is 19.2. The Labute approximate surface area is 128 Å². The molecule has 2 aliphatic heterocycles. The standard InChI is InChI=1S/C15H18N4O3/c20-12-1-5-15(6-2-13(21)19(12)15)7-10-17-14(22)18-11-3-8-16-9-4-11/h3-4,8-9H,1-2,5-7,10H2,(H2,16,17,18,22). The van der Waals surface area contributed by atoms with E-state index < -0.39 is 0 Å². The van der Waals surface area contributed by atoms with E-state index in [1.54, 1.807) is 24.5 Å². The first-order chi connectivity index (χ1) is 10.6. The zero-order valence-electron chi connectivity index (χ0n) is 12.2. The number of fused-ring (bicyclic) bond motifs is 1. The van der Waals surface area contributed by atoms with Crippen LogP contribution in [-0.2, 0) is 9.59 Å². The quantitative estimate of drug-likeness (QED) is 0.819. The maximum Gasteiger partial charge on any atom is 0.319 e. The molecular weight excluding hydrogens is 284 g/mol. The summed E-state index contributed by atoms with van der Waals surface area (Å²) in [6, 6.07) is 3.10. The van der Waals surface area contributed by atoms with E-state index in [2.05, 4.69) is 15.6 Å². The molecule has 7 heteroatoms. The van der Waals surface area contributed by atoms with Crippen LogP contribution in [0.3, 0.4) is 0 Å². The van der Waals surface area contributed by atoms with Gasteiger partial charge in [0.1, 0.15) is 0 Å². The van der Waals surface area contributed by atoms with Gasteiger partial charge < -0.3 is 10.6 Å².